The van der Waals surface area contributed by atoms with E-state index in [0.29, 0.717) is 111 Å². The van der Waals surface area contributed by atoms with Crippen LogP contribution in [0.25, 0.3) is 32.7 Å². The molecule has 3 unspecified atom stereocenters. The molecule has 0 amide bonds. The first-order chi connectivity index (χ1) is 41.8. The van der Waals surface area contributed by atoms with Crippen LogP contribution >= 0.6 is 0 Å². The summed E-state index contributed by atoms with van der Waals surface area (Å²) in [7, 11) is 4.39. The number of hydrogen-bond acceptors (Lipinski definition) is 15. The molecule has 0 bridgehead atoms. The van der Waals surface area contributed by atoms with Crippen molar-refractivity contribution in [1.82, 2.24) is 28.8 Å². The smallest absolute Gasteiger partial charge is 0.341 e. The lowest BCUT2D eigenvalue weighted by atomic mass is 9.99. The van der Waals surface area contributed by atoms with Crippen LogP contribution in [-0.2, 0) is 0 Å². The number of anilines is 3. The number of piperazine rings is 3. The van der Waals surface area contributed by atoms with Crippen LogP contribution in [0.2, 0.25) is 0 Å². The predicted octanol–water partition coefficient (Wildman–Crippen LogP) is 8.19. The van der Waals surface area contributed by atoms with Crippen LogP contribution in [0.3, 0.4) is 0 Å². The fourth-order valence-electron chi connectivity index (χ4n) is 14.4. The average molecular weight is 1220 g/mol. The van der Waals surface area contributed by atoms with Crippen molar-refractivity contribution in [2.24, 2.45) is 0 Å². The lowest BCUT2D eigenvalue weighted by Gasteiger charge is -2.47. The molecule has 88 heavy (non-hydrogen) atoms. The molecule has 6 aromatic rings. The van der Waals surface area contributed by atoms with Crippen LogP contribution in [0.5, 0.6) is 17.2 Å². The number of aromatic carboxylic acids is 3. The summed E-state index contributed by atoms with van der Waals surface area (Å²) in [5, 5.41) is 33.1. The summed E-state index contributed by atoms with van der Waals surface area (Å²) < 4.78 is 71.9. The number of rotatable bonds is 14. The maximum Gasteiger partial charge on any atom is 0.341 e. The normalized spacial score (nSPS) is 20.2. The van der Waals surface area contributed by atoms with Crippen LogP contribution in [0, 0.1) is 59.0 Å². The molecule has 6 fully saturated rings. The van der Waals surface area contributed by atoms with E-state index in [4.69, 9.17) is 14.2 Å². The number of nitrogens with zero attached hydrogens (tertiary/aromatic N) is 8. The Morgan fingerprint density at radius 2 is 0.773 bits per heavy atom. The first-order valence-corrected chi connectivity index (χ1v) is 30.3. The molecule has 3 aromatic carbocycles. The van der Waals surface area contributed by atoms with Gasteiger partial charge in [-0.25, -0.2) is 27.6 Å². The number of nitrogens with one attached hydrogen (secondary N) is 1. The fraction of sp³-hybridized carbons (Fsp3) is 0.531. The van der Waals surface area contributed by atoms with Crippen molar-refractivity contribution >= 4 is 67.7 Å². The van der Waals surface area contributed by atoms with Gasteiger partial charge in [-0.3, -0.25) is 24.2 Å². The molecule has 0 spiro atoms. The minimum Gasteiger partial charge on any atom is -0.492 e. The van der Waals surface area contributed by atoms with Crippen LogP contribution in [0.15, 0.2) is 14.4 Å². The summed E-state index contributed by atoms with van der Waals surface area (Å²) in [6.07, 6.45) is 5.04. The number of carboxylic acid groups (broad SMARTS) is 3. The summed E-state index contributed by atoms with van der Waals surface area (Å²) in [5.74, 6) is -4.92. The van der Waals surface area contributed by atoms with Gasteiger partial charge in [0.1, 0.15) is 33.8 Å². The number of ether oxygens (including phenoxy) is 3. The van der Waals surface area contributed by atoms with E-state index in [0.717, 1.165) is 38.5 Å². The second-order valence-corrected chi connectivity index (χ2v) is 24.9. The maximum absolute atomic E-state index is 16.6. The van der Waals surface area contributed by atoms with E-state index < -0.39 is 51.6 Å². The summed E-state index contributed by atoms with van der Waals surface area (Å²) >= 11 is 0. The van der Waals surface area contributed by atoms with Gasteiger partial charge < -0.3 is 63.2 Å². The summed E-state index contributed by atoms with van der Waals surface area (Å²) in [5.41, 5.74) is 0.622. The van der Waals surface area contributed by atoms with Gasteiger partial charge in [-0.2, -0.15) is 0 Å². The zero-order chi connectivity index (χ0) is 63.5. The molecule has 3 atom stereocenters. The summed E-state index contributed by atoms with van der Waals surface area (Å²) in [6, 6.07) is 0.217. The van der Waals surface area contributed by atoms with Crippen LogP contribution in [0.4, 0.5) is 30.2 Å². The number of aromatic nitrogens is 3. The van der Waals surface area contributed by atoms with Crippen molar-refractivity contribution in [3.05, 3.63) is 98.6 Å². The van der Waals surface area contributed by atoms with Gasteiger partial charge >= 0.3 is 17.9 Å². The Hall–Kier alpha value is -7.83. The number of fused-ring (bicyclic) bond motifs is 3. The molecule has 0 radical (unpaired) electrons. The summed E-state index contributed by atoms with van der Waals surface area (Å²) in [4.78, 5) is 87.2. The number of halogens is 3. The van der Waals surface area contributed by atoms with Crippen LogP contribution in [-0.4, -0.2) is 162 Å². The number of benzene rings is 3. The van der Waals surface area contributed by atoms with Gasteiger partial charge in [0.2, 0.25) is 16.3 Å². The van der Waals surface area contributed by atoms with E-state index in [1.54, 1.807) is 27.7 Å². The maximum atomic E-state index is 16.6. The molecule has 24 heteroatoms. The van der Waals surface area contributed by atoms with E-state index in [1.807, 2.05) is 35.3 Å². The van der Waals surface area contributed by atoms with Crippen molar-refractivity contribution in [3.8, 4) is 17.2 Å². The first-order valence-electron chi connectivity index (χ1n) is 30.3. The van der Waals surface area contributed by atoms with Gasteiger partial charge in [-0.1, -0.05) is 0 Å². The third-order valence-electron chi connectivity index (χ3n) is 19.2. The molecule has 472 valence electrons. The second kappa shape index (κ2) is 23.3. The highest BCUT2D eigenvalue weighted by atomic mass is 19.1. The van der Waals surface area contributed by atoms with Crippen LogP contribution in [0.1, 0.15) is 142 Å². The van der Waals surface area contributed by atoms with E-state index in [9.17, 15) is 44.1 Å². The Balaban J connectivity index is 0.000000230. The quantitative estimate of drug-likeness (QED) is 0.0805. The minimum absolute atomic E-state index is 0.00935. The van der Waals surface area contributed by atoms with Crippen molar-refractivity contribution in [3.63, 3.8) is 0 Å². The van der Waals surface area contributed by atoms with Crippen molar-refractivity contribution in [1.29, 1.82) is 0 Å². The lowest BCUT2D eigenvalue weighted by Crippen LogP contribution is -2.60. The van der Waals surface area contributed by atoms with Gasteiger partial charge in [0.05, 0.1) is 60.7 Å². The first kappa shape index (κ1) is 61.8. The Morgan fingerprint density at radius 3 is 1.02 bits per heavy atom. The predicted molar refractivity (Wildman–Crippen MR) is 330 cm³/mol. The van der Waals surface area contributed by atoms with Gasteiger partial charge in [-0.15, -0.1) is 0 Å². The van der Waals surface area contributed by atoms with E-state index in [-0.39, 0.29) is 109 Å². The van der Waals surface area contributed by atoms with Crippen LogP contribution < -0.4 is 50.5 Å². The highest BCUT2D eigenvalue weighted by Gasteiger charge is 2.41. The van der Waals surface area contributed by atoms with Gasteiger partial charge in [0, 0.05) is 129 Å². The molecular formula is C64H78F3N9O12. The molecule has 3 saturated heterocycles. The Morgan fingerprint density at radius 1 is 0.477 bits per heavy atom. The van der Waals surface area contributed by atoms with E-state index in [2.05, 4.69) is 29.0 Å². The number of hydrogen-bond donors (Lipinski definition) is 4. The molecular weight excluding hydrogens is 1140 g/mol. The Labute approximate surface area is 506 Å². The Kier molecular flexibility index (Phi) is 16.3. The van der Waals surface area contributed by atoms with Gasteiger partial charge in [-0.05, 0) is 101 Å². The molecule has 21 nitrogen and oxygen atoms in total. The number of pyridine rings is 3. The molecule has 6 aliphatic rings. The Bertz CT molecular complexity index is 3960. The standard InChI is InChI=1S/C43H52F2N6O8.C21H26FN3O4/c1-20-17-46(36-32(44)22(3)28-34(40(36)58-7)50(26-9-10-26)24(5)30(38(28)52)42(54)55)13-15-48(20)19-49-16-14-47(18-21(49)2)37-33(45)23(4)29-35(41(37)59-8)51(27-11-12-27)25(6)31(39(29)53)43(56)57;1-10-9-24(8-7-23-10)18-16(22)11(2)14-17(20(18)29-4)25(13-5-6-13)12(3)15(19(14)26)21(27)28/h20-21,26-27H,9-19H2,1-8H3,(H,54,55)(H,56,57);10,13,23H,5-9H2,1-4H3,(H,27,28). The van der Waals surface area contributed by atoms with E-state index >= 15 is 13.2 Å². The largest absolute Gasteiger partial charge is 0.492 e. The minimum atomic E-state index is -1.34. The number of aryl methyl sites for hydroxylation is 3. The molecule has 6 heterocycles. The highest BCUT2D eigenvalue weighted by molar-refractivity contribution is 6.02. The average Bonchev–Trinajstić information content (AvgIpc) is 1.44. The number of carboxylic acids is 3. The van der Waals surface area contributed by atoms with Crippen molar-refractivity contribution < 1.29 is 57.1 Å². The number of carbonyl (C=O) groups is 3. The molecule has 12 rings (SSSR count). The number of methoxy groups -OCH3 is 3. The SMILES string of the molecule is COc1c(N2CCN(CN3CCN(c4c(F)c(C)c5c(=O)c(C(=O)O)c(C)n(C6CC6)c5c4OC)CC3C)C(C)C2)c(F)c(C)c2c(=O)c(C(=O)O)c(C)n(C3CC3)c12.COc1c(N2CCNC(C)C2)c(F)c(C)c2c(=O)c(C(=O)O)c(C)n(C3CC3)c12. The summed E-state index contributed by atoms with van der Waals surface area (Å²) in [6.45, 7) is 21.4. The molecule has 3 saturated carbocycles. The topological polar surface area (TPSA) is 234 Å². The zero-order valence-electron chi connectivity index (χ0n) is 52.0. The van der Waals surface area contributed by atoms with Crippen molar-refractivity contribution in [2.75, 3.05) is 102 Å². The van der Waals surface area contributed by atoms with E-state index in [1.165, 1.54) is 35.2 Å². The highest BCUT2D eigenvalue weighted by Crippen LogP contribution is 2.50. The monoisotopic (exact) mass is 1220 g/mol. The molecule has 4 N–H and O–H groups in total. The van der Waals surface area contributed by atoms with Gasteiger partial charge in [0.25, 0.3) is 0 Å². The molecule has 3 aliphatic carbocycles. The third-order valence-corrected chi connectivity index (χ3v) is 19.2. The van der Waals surface area contributed by atoms with Gasteiger partial charge in [0.15, 0.2) is 34.7 Å². The zero-order valence-corrected chi connectivity index (χ0v) is 52.0. The lowest BCUT2D eigenvalue weighted by molar-refractivity contribution is 0.0597. The van der Waals surface area contributed by atoms with Crippen molar-refractivity contribution in [2.45, 2.75) is 137 Å². The fourth-order valence-corrected chi connectivity index (χ4v) is 14.4. The molecule has 3 aliphatic heterocycles. The second-order valence-electron chi connectivity index (χ2n) is 24.9. The third kappa shape index (κ3) is 10.1. The molecule has 3 aromatic heterocycles.